The number of nitrogens with zero attached hydrogens (tertiary/aromatic N) is 1. The topological polar surface area (TPSA) is 89.3 Å². The Morgan fingerprint density at radius 3 is 2.48 bits per heavy atom. The van der Waals surface area contributed by atoms with Gasteiger partial charge in [-0.15, -0.1) is 0 Å². The molecule has 138 valence electrons. The minimum absolute atomic E-state index is 0.0663. The Hall–Kier alpha value is -2.93. The Labute approximate surface area is 157 Å². The van der Waals surface area contributed by atoms with Gasteiger partial charge in [0.2, 0.25) is 0 Å². The van der Waals surface area contributed by atoms with Gasteiger partial charge in [0.1, 0.15) is 5.76 Å². The number of aryl methyl sites for hydroxylation is 2. The molecule has 0 bridgehead atoms. The Kier molecular flexibility index (Phi) is 4.53. The maximum Gasteiger partial charge on any atom is 0.300 e. The van der Waals surface area contributed by atoms with Gasteiger partial charge in [-0.25, -0.2) is 13.1 Å². The molecule has 4 rings (SSSR count). The number of benzene rings is 1. The minimum atomic E-state index is -3.97. The molecule has 3 aromatic rings. The third-order valence-electron chi connectivity index (χ3n) is 4.65. The van der Waals surface area contributed by atoms with Crippen LogP contribution in [0.3, 0.4) is 0 Å². The lowest BCUT2D eigenvalue weighted by Gasteiger charge is -2.16. The summed E-state index contributed by atoms with van der Waals surface area (Å²) in [5.74, 6) is -0.398. The molecule has 0 atom stereocenters. The van der Waals surface area contributed by atoms with Crippen molar-refractivity contribution in [3.63, 3.8) is 0 Å². The van der Waals surface area contributed by atoms with Gasteiger partial charge < -0.3 is 4.42 Å². The fraction of sp³-hybridized carbons (Fsp3) is 0.200. The Morgan fingerprint density at radius 2 is 1.70 bits per heavy atom. The lowest BCUT2D eigenvalue weighted by atomic mass is 9.92. The van der Waals surface area contributed by atoms with E-state index in [9.17, 15) is 13.2 Å². The maximum atomic E-state index is 12.6. The molecule has 0 aliphatic heterocycles. The monoisotopic (exact) mass is 382 g/mol. The van der Waals surface area contributed by atoms with Crippen molar-refractivity contribution >= 4 is 15.9 Å². The number of hydrogen-bond donors (Lipinski definition) is 1. The summed E-state index contributed by atoms with van der Waals surface area (Å²) in [6, 6.07) is 11.6. The first-order valence-corrected chi connectivity index (χ1v) is 10.2. The highest BCUT2D eigenvalue weighted by Gasteiger charge is 2.22. The number of hydrogen-bond acceptors (Lipinski definition) is 5. The highest BCUT2D eigenvalue weighted by molar-refractivity contribution is 7.90. The first-order chi connectivity index (χ1) is 13.0. The normalized spacial score (nSPS) is 13.8. The van der Waals surface area contributed by atoms with Crippen molar-refractivity contribution in [1.82, 2.24) is 9.71 Å². The number of fused-ring (bicyclic) bond motifs is 1. The quantitative estimate of drug-likeness (QED) is 0.747. The molecule has 1 N–H and O–H groups in total. The third-order valence-corrected chi connectivity index (χ3v) is 5.98. The molecule has 0 saturated heterocycles. The van der Waals surface area contributed by atoms with Crippen LogP contribution in [0.15, 0.2) is 64.2 Å². The molecular formula is C20H18N2O4S. The molecular weight excluding hydrogens is 364 g/mol. The zero-order valence-electron chi connectivity index (χ0n) is 14.5. The Bertz CT molecular complexity index is 1090. The van der Waals surface area contributed by atoms with Crippen LogP contribution in [0.5, 0.6) is 0 Å². The van der Waals surface area contributed by atoms with Crippen LogP contribution < -0.4 is 4.72 Å². The average Bonchev–Trinajstić information content (AvgIpc) is 3.18. The van der Waals surface area contributed by atoms with Gasteiger partial charge in [0.15, 0.2) is 5.76 Å². The number of carbonyl (C=O) groups excluding carboxylic acids is 1. The number of aromatic nitrogens is 1. The molecule has 1 aliphatic carbocycles. The summed E-state index contributed by atoms with van der Waals surface area (Å²) in [6.45, 7) is 0. The fourth-order valence-electron chi connectivity index (χ4n) is 3.24. The van der Waals surface area contributed by atoms with Crippen molar-refractivity contribution in [2.75, 3.05) is 0 Å². The zero-order valence-corrected chi connectivity index (χ0v) is 15.3. The molecule has 2 heterocycles. The van der Waals surface area contributed by atoms with Gasteiger partial charge in [0, 0.05) is 18.0 Å². The summed E-state index contributed by atoms with van der Waals surface area (Å²) in [5, 5.41) is 0. The van der Waals surface area contributed by atoms with Crippen molar-refractivity contribution < 1.29 is 17.6 Å². The molecule has 7 heteroatoms. The first kappa shape index (κ1) is 17.5. The van der Waals surface area contributed by atoms with Crippen molar-refractivity contribution in [2.45, 2.75) is 30.6 Å². The number of carbonyl (C=O) groups is 1. The Morgan fingerprint density at radius 1 is 0.963 bits per heavy atom. The SMILES string of the molecule is O=C(NS(=O)(=O)c1ccc2c(c1)CCCC2)c1ccc(-c2ccncc2)o1. The number of pyridine rings is 1. The molecule has 0 radical (unpaired) electrons. The highest BCUT2D eigenvalue weighted by atomic mass is 32.2. The predicted octanol–water partition coefficient (Wildman–Crippen LogP) is 3.34. The van der Waals surface area contributed by atoms with E-state index in [0.717, 1.165) is 36.8 Å². The zero-order chi connectivity index (χ0) is 18.9. The fourth-order valence-corrected chi connectivity index (χ4v) is 4.25. The molecule has 0 spiro atoms. The largest absolute Gasteiger partial charge is 0.451 e. The second-order valence-corrected chi connectivity index (χ2v) is 8.15. The van der Waals surface area contributed by atoms with Crippen molar-refractivity contribution in [2.24, 2.45) is 0 Å². The second kappa shape index (κ2) is 7.00. The molecule has 2 aromatic heterocycles. The number of sulfonamides is 1. The standard InChI is InChI=1S/C20H18N2O4S/c23-20(19-8-7-18(26-19)15-9-11-21-12-10-15)22-27(24,25)17-6-5-14-3-1-2-4-16(14)13-17/h5-13H,1-4H2,(H,22,23). The van der Waals surface area contributed by atoms with Crippen LogP contribution >= 0.6 is 0 Å². The van der Waals surface area contributed by atoms with Gasteiger partial charge in [-0.05, 0) is 73.2 Å². The first-order valence-electron chi connectivity index (χ1n) is 8.72. The van der Waals surface area contributed by atoms with E-state index in [4.69, 9.17) is 4.42 Å². The van der Waals surface area contributed by atoms with Crippen LogP contribution in [0, 0.1) is 0 Å². The summed E-state index contributed by atoms with van der Waals surface area (Å²) in [7, 11) is -3.97. The third kappa shape index (κ3) is 3.64. The molecule has 1 aromatic carbocycles. The molecule has 0 saturated carbocycles. The van der Waals surface area contributed by atoms with Crippen LogP contribution in [-0.2, 0) is 22.9 Å². The van der Waals surface area contributed by atoms with Gasteiger partial charge in [-0.1, -0.05) is 6.07 Å². The smallest absolute Gasteiger partial charge is 0.300 e. The van der Waals surface area contributed by atoms with Gasteiger partial charge in [-0.3, -0.25) is 9.78 Å². The van der Waals surface area contributed by atoms with Crippen LogP contribution in [0.2, 0.25) is 0 Å². The second-order valence-electron chi connectivity index (χ2n) is 6.47. The molecule has 0 fully saturated rings. The van der Waals surface area contributed by atoms with Crippen molar-refractivity contribution in [3.8, 4) is 11.3 Å². The number of nitrogens with one attached hydrogen (secondary N) is 1. The maximum absolute atomic E-state index is 12.6. The van der Waals surface area contributed by atoms with E-state index in [1.54, 1.807) is 42.7 Å². The predicted molar refractivity (Wildman–Crippen MR) is 99.7 cm³/mol. The van der Waals surface area contributed by atoms with Gasteiger partial charge in [0.05, 0.1) is 4.90 Å². The molecule has 27 heavy (non-hydrogen) atoms. The lowest BCUT2D eigenvalue weighted by Crippen LogP contribution is -2.30. The lowest BCUT2D eigenvalue weighted by molar-refractivity contribution is 0.0955. The van der Waals surface area contributed by atoms with Crippen molar-refractivity contribution in [1.29, 1.82) is 0 Å². The van der Waals surface area contributed by atoms with Crippen molar-refractivity contribution in [3.05, 3.63) is 71.7 Å². The summed E-state index contributed by atoms with van der Waals surface area (Å²) in [6.07, 6.45) is 7.21. The van der Waals surface area contributed by atoms with Crippen LogP contribution in [-0.4, -0.2) is 19.3 Å². The summed E-state index contributed by atoms with van der Waals surface area (Å²) in [5.41, 5.74) is 2.97. The van der Waals surface area contributed by atoms with Crippen LogP contribution in [0.1, 0.15) is 34.5 Å². The average molecular weight is 382 g/mol. The summed E-state index contributed by atoms with van der Waals surface area (Å²) in [4.78, 5) is 16.4. The van der Waals surface area contributed by atoms with Gasteiger partial charge in [-0.2, -0.15) is 0 Å². The van der Waals surface area contributed by atoms with E-state index in [1.165, 1.54) is 11.6 Å². The molecule has 1 amide bonds. The van der Waals surface area contributed by atoms with E-state index >= 15 is 0 Å². The summed E-state index contributed by atoms with van der Waals surface area (Å²) < 4.78 is 32.8. The summed E-state index contributed by atoms with van der Waals surface area (Å²) >= 11 is 0. The van der Waals surface area contributed by atoms with E-state index in [1.807, 2.05) is 6.07 Å². The Balaban J connectivity index is 1.54. The van der Waals surface area contributed by atoms with E-state index in [2.05, 4.69) is 9.71 Å². The van der Waals surface area contributed by atoms with Crippen LogP contribution in [0.4, 0.5) is 0 Å². The van der Waals surface area contributed by atoms with Crippen LogP contribution in [0.25, 0.3) is 11.3 Å². The molecule has 6 nitrogen and oxygen atoms in total. The van der Waals surface area contributed by atoms with E-state index in [-0.39, 0.29) is 10.7 Å². The molecule has 0 unspecified atom stereocenters. The minimum Gasteiger partial charge on any atom is -0.451 e. The van der Waals surface area contributed by atoms with Gasteiger partial charge >= 0.3 is 5.91 Å². The van der Waals surface area contributed by atoms with E-state index in [0.29, 0.717) is 5.76 Å². The number of furan rings is 1. The van der Waals surface area contributed by atoms with Gasteiger partial charge in [0.25, 0.3) is 10.0 Å². The number of rotatable bonds is 4. The number of amides is 1. The van der Waals surface area contributed by atoms with E-state index < -0.39 is 15.9 Å². The highest BCUT2D eigenvalue weighted by Crippen LogP contribution is 2.25. The molecule has 1 aliphatic rings.